The number of para-hydroxylation sites is 1. The molecule has 1 atom stereocenters. The number of carbonyl (C=O) groups is 2. The molecule has 0 fully saturated rings. The van der Waals surface area contributed by atoms with Gasteiger partial charge in [-0.3, -0.25) is 4.57 Å². The second kappa shape index (κ2) is 23.9. The number of hydrogen-bond acceptors (Lipinski definition) is 8. The molecule has 1 heterocycles. The summed E-state index contributed by atoms with van der Waals surface area (Å²) in [7, 11) is -4.03. The number of carbonyl (C=O) groups excluding carboxylic acids is 2. The molecular weight excluding hydrogens is 880 g/mol. The Balaban J connectivity index is 0.970. The van der Waals surface area contributed by atoms with E-state index in [0.29, 0.717) is 35.4 Å². The van der Waals surface area contributed by atoms with E-state index in [4.69, 9.17) is 23.5 Å². The van der Waals surface area contributed by atoms with E-state index in [1.54, 1.807) is 42.5 Å². The molecule has 0 spiro atoms. The fourth-order valence-corrected chi connectivity index (χ4v) is 10.9. The summed E-state index contributed by atoms with van der Waals surface area (Å²) in [4.78, 5) is 27.6. The first kappa shape index (κ1) is 48.6. The first-order valence-corrected chi connectivity index (χ1v) is 26.2. The number of ether oxygens (including phenoxy) is 4. The molecule has 8 rings (SSSR count). The van der Waals surface area contributed by atoms with Gasteiger partial charge in [-0.1, -0.05) is 163 Å². The first-order valence-electron chi connectivity index (χ1n) is 24.6. The molecule has 0 saturated carbocycles. The van der Waals surface area contributed by atoms with E-state index in [0.717, 1.165) is 57.7 Å². The highest BCUT2D eigenvalue weighted by atomic mass is 31.2. The highest BCUT2D eigenvalue weighted by Crippen LogP contribution is 2.55. The lowest BCUT2D eigenvalue weighted by molar-refractivity contribution is 0.0720. The van der Waals surface area contributed by atoms with Crippen molar-refractivity contribution in [3.8, 4) is 62.1 Å². The van der Waals surface area contributed by atoms with Crippen molar-refractivity contribution >= 4 is 29.9 Å². The van der Waals surface area contributed by atoms with Crippen molar-refractivity contribution in [3.63, 3.8) is 0 Å². The molecule has 0 N–H and O–H groups in total. The van der Waals surface area contributed by atoms with E-state index in [2.05, 4.69) is 13.8 Å². The normalized spacial score (nSPS) is 13.7. The third-order valence-corrected chi connectivity index (χ3v) is 14.9. The molecule has 1 unspecified atom stereocenters. The summed E-state index contributed by atoms with van der Waals surface area (Å²) < 4.78 is 45.9. The van der Waals surface area contributed by atoms with E-state index in [1.165, 1.54) is 82.4 Å². The van der Waals surface area contributed by atoms with Crippen molar-refractivity contribution in [1.82, 2.24) is 0 Å². The quantitative estimate of drug-likeness (QED) is 0.0271. The summed E-state index contributed by atoms with van der Waals surface area (Å²) in [6, 6.07) is 49.4. The van der Waals surface area contributed by atoms with Crippen molar-refractivity contribution in [2.75, 3.05) is 13.2 Å². The van der Waals surface area contributed by atoms with Gasteiger partial charge in [0.25, 0.3) is 0 Å². The molecule has 0 saturated heterocycles. The Hall–Kier alpha value is -6.89. The molecular formula is C60H61O8P. The molecule has 7 aromatic carbocycles. The third kappa shape index (κ3) is 12.4. The van der Waals surface area contributed by atoms with Crippen LogP contribution in [0.2, 0.25) is 0 Å². The van der Waals surface area contributed by atoms with Crippen LogP contribution in [-0.2, 0) is 4.57 Å². The topological polar surface area (TPSA) is 97.4 Å². The Labute approximate surface area is 407 Å². The monoisotopic (exact) mass is 940 g/mol. The largest absolute Gasteiger partial charge is 0.494 e. The summed E-state index contributed by atoms with van der Waals surface area (Å²) in [6.45, 7) is 5.84. The second-order valence-corrected chi connectivity index (χ2v) is 19.7. The SMILES string of the molecule is CCCCCCCCOc1ccc(-c2ccc(C(=O)Oc3ccc(OC(=O)c4ccc(-c5ccc(OCCCCCCCC)cc5)cc4)c(P4(=O)Oc5ccccc5-c5ccccc54)c3)cc2)cc1. The molecule has 0 amide bonds. The molecule has 0 bridgehead atoms. The summed E-state index contributed by atoms with van der Waals surface area (Å²) in [6.07, 6.45) is 14.5. The van der Waals surface area contributed by atoms with Crippen molar-refractivity contribution in [2.45, 2.75) is 90.9 Å². The number of rotatable bonds is 23. The Bertz CT molecular complexity index is 2830. The van der Waals surface area contributed by atoms with Crippen molar-refractivity contribution in [2.24, 2.45) is 0 Å². The molecule has 0 aromatic heterocycles. The lowest BCUT2D eigenvalue weighted by Gasteiger charge is -2.29. The van der Waals surface area contributed by atoms with Gasteiger partial charge in [0.05, 0.1) is 34.9 Å². The molecule has 0 radical (unpaired) electrons. The van der Waals surface area contributed by atoms with E-state index in [-0.39, 0.29) is 16.8 Å². The number of benzene rings is 7. The minimum Gasteiger partial charge on any atom is -0.494 e. The van der Waals surface area contributed by atoms with Crippen LogP contribution in [0.4, 0.5) is 0 Å². The molecule has 69 heavy (non-hydrogen) atoms. The molecule has 9 heteroatoms. The molecule has 7 aromatic rings. The maximum absolute atomic E-state index is 15.5. The Morgan fingerprint density at radius 2 is 0.870 bits per heavy atom. The first-order chi connectivity index (χ1) is 33.8. The second-order valence-electron chi connectivity index (χ2n) is 17.5. The third-order valence-electron chi connectivity index (χ3n) is 12.4. The highest BCUT2D eigenvalue weighted by Gasteiger charge is 2.41. The zero-order valence-electron chi connectivity index (χ0n) is 39.7. The predicted molar refractivity (Wildman–Crippen MR) is 277 cm³/mol. The maximum atomic E-state index is 15.5. The average Bonchev–Trinajstić information content (AvgIpc) is 3.39. The molecule has 1 aliphatic rings. The van der Waals surface area contributed by atoms with E-state index in [1.807, 2.05) is 103 Å². The van der Waals surface area contributed by atoms with Gasteiger partial charge in [-0.05, 0) is 120 Å². The fraction of sp³-hybridized carbons (Fsp3) is 0.267. The Kier molecular flexibility index (Phi) is 16.8. The van der Waals surface area contributed by atoms with Crippen molar-refractivity contribution in [3.05, 3.63) is 175 Å². The van der Waals surface area contributed by atoms with Crippen molar-refractivity contribution < 1.29 is 37.6 Å². The van der Waals surface area contributed by atoms with Gasteiger partial charge < -0.3 is 23.5 Å². The minimum absolute atomic E-state index is 0.0149. The van der Waals surface area contributed by atoms with Crippen LogP contribution in [0, 0.1) is 0 Å². The summed E-state index contributed by atoms with van der Waals surface area (Å²) in [5.74, 6) is 0.931. The molecule has 8 nitrogen and oxygen atoms in total. The molecule has 0 aliphatic carbocycles. The van der Waals surface area contributed by atoms with Gasteiger partial charge in [0.15, 0.2) is 0 Å². The van der Waals surface area contributed by atoms with Gasteiger partial charge in [-0.2, -0.15) is 0 Å². The van der Waals surface area contributed by atoms with Crippen LogP contribution in [0.1, 0.15) is 112 Å². The lowest BCUT2D eigenvalue weighted by atomic mass is 10.0. The van der Waals surface area contributed by atoms with Crippen molar-refractivity contribution in [1.29, 1.82) is 0 Å². The van der Waals surface area contributed by atoms with Gasteiger partial charge in [0.1, 0.15) is 28.7 Å². The Morgan fingerprint density at radius 1 is 0.435 bits per heavy atom. The summed E-state index contributed by atoms with van der Waals surface area (Å²) in [5.41, 5.74) is 5.95. The highest BCUT2D eigenvalue weighted by molar-refractivity contribution is 7.75. The van der Waals surface area contributed by atoms with E-state index < -0.39 is 19.3 Å². The van der Waals surface area contributed by atoms with Gasteiger partial charge in [0.2, 0.25) is 0 Å². The van der Waals surface area contributed by atoms with Crippen LogP contribution in [0.3, 0.4) is 0 Å². The van der Waals surface area contributed by atoms with Crippen LogP contribution in [0.15, 0.2) is 164 Å². The van der Waals surface area contributed by atoms with Crippen LogP contribution in [0.25, 0.3) is 33.4 Å². The van der Waals surface area contributed by atoms with Crippen LogP contribution in [-0.4, -0.2) is 25.2 Å². The fourth-order valence-electron chi connectivity index (χ4n) is 8.52. The van der Waals surface area contributed by atoms with Crippen LogP contribution >= 0.6 is 7.37 Å². The lowest BCUT2D eigenvalue weighted by Crippen LogP contribution is -2.27. The van der Waals surface area contributed by atoms with Crippen LogP contribution in [0.5, 0.6) is 28.7 Å². The van der Waals surface area contributed by atoms with Gasteiger partial charge >= 0.3 is 19.3 Å². The Morgan fingerprint density at radius 3 is 1.41 bits per heavy atom. The average molecular weight is 941 g/mol. The number of unbranched alkanes of at least 4 members (excludes halogenated alkanes) is 10. The van der Waals surface area contributed by atoms with E-state index in [9.17, 15) is 9.59 Å². The van der Waals surface area contributed by atoms with Gasteiger partial charge in [-0.25, -0.2) is 9.59 Å². The van der Waals surface area contributed by atoms with Gasteiger partial charge in [0, 0.05) is 5.56 Å². The number of esters is 2. The zero-order chi connectivity index (χ0) is 47.8. The molecule has 1 aliphatic heterocycles. The molecule has 354 valence electrons. The number of hydrogen-bond donors (Lipinski definition) is 0. The summed E-state index contributed by atoms with van der Waals surface area (Å²) in [5, 5.41) is 0.508. The van der Waals surface area contributed by atoms with E-state index >= 15 is 4.57 Å². The summed E-state index contributed by atoms with van der Waals surface area (Å²) >= 11 is 0. The maximum Gasteiger partial charge on any atom is 0.343 e. The van der Waals surface area contributed by atoms with Gasteiger partial charge in [-0.15, -0.1) is 0 Å². The predicted octanol–water partition coefficient (Wildman–Crippen LogP) is 15.2. The number of fused-ring (bicyclic) bond motifs is 3. The zero-order valence-corrected chi connectivity index (χ0v) is 40.6. The standard InChI is InChI=1S/C60H61O8P/c1-3-5-7-9-11-17-41-64-50-35-31-46(32-36-50)44-23-27-48(28-24-44)59(61)66-52-39-40-56(58(43-52)69(63)57-22-16-14-20-54(57)53-19-13-15-21-55(53)68-69)67-60(62)49-29-25-45(26-30-49)47-33-37-51(38-34-47)65-42-18-12-10-8-6-4-2/h13-16,19-40,43H,3-12,17-18,41-42H2,1-2H3. The van der Waals surface area contributed by atoms with Crippen LogP contribution < -0.4 is 34.1 Å². The minimum atomic E-state index is -4.03. The smallest absolute Gasteiger partial charge is 0.343 e.